The summed E-state index contributed by atoms with van der Waals surface area (Å²) in [5.41, 5.74) is -0.00128. The maximum atomic E-state index is 13.6. The van der Waals surface area contributed by atoms with Crippen LogP contribution >= 0.6 is 27.5 Å². The topological polar surface area (TPSA) is 57.7 Å². The van der Waals surface area contributed by atoms with Crippen molar-refractivity contribution in [1.29, 1.82) is 0 Å². The standard InChI is InChI=1S/C15H17BrClFN2O3S/c16-12-2-1-11(7-13(12)18)24(22,23)20-5-3-15(4-6-20)9-19(10-15)14(21)8-17/h1-2,7H,3-6,8-10H2. The Labute approximate surface area is 153 Å². The molecule has 0 unspecified atom stereocenters. The van der Waals surface area contributed by atoms with Crippen LogP contribution in [-0.4, -0.2) is 55.6 Å². The largest absolute Gasteiger partial charge is 0.340 e. The van der Waals surface area contributed by atoms with Crippen LogP contribution in [-0.2, 0) is 14.8 Å². The van der Waals surface area contributed by atoms with Gasteiger partial charge < -0.3 is 4.90 Å². The lowest BCUT2D eigenvalue weighted by Gasteiger charge is -2.53. The van der Waals surface area contributed by atoms with Gasteiger partial charge in [0.25, 0.3) is 0 Å². The van der Waals surface area contributed by atoms with Gasteiger partial charge in [0.2, 0.25) is 15.9 Å². The Morgan fingerprint density at radius 3 is 2.46 bits per heavy atom. The summed E-state index contributed by atoms with van der Waals surface area (Å²) in [7, 11) is -3.70. The Balaban J connectivity index is 1.66. The number of hydrogen-bond donors (Lipinski definition) is 0. The van der Waals surface area contributed by atoms with Gasteiger partial charge in [-0.3, -0.25) is 4.79 Å². The van der Waals surface area contributed by atoms with Crippen LogP contribution in [0.1, 0.15) is 12.8 Å². The van der Waals surface area contributed by atoms with E-state index in [9.17, 15) is 17.6 Å². The van der Waals surface area contributed by atoms with E-state index in [1.165, 1.54) is 16.4 Å². The summed E-state index contributed by atoms with van der Waals surface area (Å²) in [6.45, 7) is 2.03. The van der Waals surface area contributed by atoms with E-state index in [2.05, 4.69) is 15.9 Å². The second-order valence-corrected chi connectivity index (χ2v) is 9.42. The van der Waals surface area contributed by atoms with Crippen molar-refractivity contribution >= 4 is 43.5 Å². The van der Waals surface area contributed by atoms with Crippen molar-refractivity contribution < 1.29 is 17.6 Å². The third-order valence-electron chi connectivity index (χ3n) is 4.83. The van der Waals surface area contributed by atoms with Crippen LogP contribution in [0.2, 0.25) is 0 Å². The zero-order valence-corrected chi connectivity index (χ0v) is 16.0. The molecule has 0 saturated carbocycles. The summed E-state index contributed by atoms with van der Waals surface area (Å²) in [5, 5.41) is 0. The Hall–Kier alpha value is -0.700. The van der Waals surface area contributed by atoms with Crippen molar-refractivity contribution in [3.8, 4) is 0 Å². The zero-order valence-electron chi connectivity index (χ0n) is 12.8. The molecule has 1 spiro atoms. The highest BCUT2D eigenvalue weighted by Crippen LogP contribution is 2.41. The predicted octanol–water partition coefficient (Wildman–Crippen LogP) is 2.44. The van der Waals surface area contributed by atoms with Crippen molar-refractivity contribution in [2.75, 3.05) is 32.1 Å². The summed E-state index contributed by atoms with van der Waals surface area (Å²) >= 11 is 8.57. The molecular formula is C15H17BrClFN2O3S. The Bertz CT molecular complexity index is 758. The first kappa shape index (κ1) is 18.1. The monoisotopic (exact) mass is 438 g/mol. The molecule has 1 aromatic rings. The highest BCUT2D eigenvalue weighted by Gasteiger charge is 2.47. The molecular weight excluding hydrogens is 423 g/mol. The summed E-state index contributed by atoms with van der Waals surface area (Å²) in [4.78, 5) is 13.2. The molecule has 0 N–H and O–H groups in total. The van der Waals surface area contributed by atoms with Gasteiger partial charge in [-0.2, -0.15) is 4.31 Å². The second-order valence-electron chi connectivity index (χ2n) is 6.36. The average Bonchev–Trinajstić information content (AvgIpc) is 2.54. The lowest BCUT2D eigenvalue weighted by molar-refractivity contribution is -0.143. The van der Waals surface area contributed by atoms with Gasteiger partial charge in [0, 0.05) is 31.6 Å². The number of sulfonamides is 1. The molecule has 1 aromatic carbocycles. The number of carbonyl (C=O) groups excluding carboxylic acids is 1. The first-order valence-corrected chi connectivity index (χ1v) is 10.3. The Kier molecular flexibility index (Phi) is 4.94. The zero-order chi connectivity index (χ0) is 17.5. The van der Waals surface area contributed by atoms with Crippen LogP contribution in [0, 0.1) is 11.2 Å². The normalized spacial score (nSPS) is 20.9. The highest BCUT2D eigenvalue weighted by molar-refractivity contribution is 9.10. The molecule has 2 heterocycles. The molecule has 0 aliphatic carbocycles. The van der Waals surface area contributed by atoms with Gasteiger partial charge in [0.15, 0.2) is 0 Å². The third kappa shape index (κ3) is 3.21. The molecule has 24 heavy (non-hydrogen) atoms. The number of alkyl halides is 1. The molecule has 3 rings (SSSR count). The van der Waals surface area contributed by atoms with E-state index in [4.69, 9.17) is 11.6 Å². The minimum Gasteiger partial charge on any atom is -0.340 e. The van der Waals surface area contributed by atoms with E-state index < -0.39 is 15.8 Å². The number of benzene rings is 1. The quantitative estimate of drug-likeness (QED) is 0.680. The van der Waals surface area contributed by atoms with Crippen LogP contribution in [0.15, 0.2) is 27.6 Å². The predicted molar refractivity (Wildman–Crippen MR) is 91.8 cm³/mol. The minimum atomic E-state index is -3.70. The van der Waals surface area contributed by atoms with Crippen LogP contribution in [0.25, 0.3) is 0 Å². The fraction of sp³-hybridized carbons (Fsp3) is 0.533. The lowest BCUT2D eigenvalue weighted by Crippen LogP contribution is -2.62. The number of piperidine rings is 1. The lowest BCUT2D eigenvalue weighted by atomic mass is 9.72. The minimum absolute atomic E-state index is 0.00128. The number of likely N-dealkylation sites (tertiary alicyclic amines) is 1. The molecule has 0 atom stereocenters. The van der Waals surface area contributed by atoms with E-state index in [0.29, 0.717) is 39.0 Å². The molecule has 0 bridgehead atoms. The van der Waals surface area contributed by atoms with E-state index in [0.717, 1.165) is 6.07 Å². The van der Waals surface area contributed by atoms with Crippen molar-refractivity contribution in [3.63, 3.8) is 0 Å². The van der Waals surface area contributed by atoms with Crippen LogP contribution in [0.4, 0.5) is 4.39 Å². The van der Waals surface area contributed by atoms with Gasteiger partial charge in [-0.1, -0.05) is 0 Å². The molecule has 9 heteroatoms. The van der Waals surface area contributed by atoms with Crippen molar-refractivity contribution in [2.45, 2.75) is 17.7 Å². The van der Waals surface area contributed by atoms with E-state index in [1.54, 1.807) is 4.90 Å². The van der Waals surface area contributed by atoms with Crippen LogP contribution < -0.4 is 0 Å². The number of amides is 1. The molecule has 0 radical (unpaired) electrons. The first-order chi connectivity index (χ1) is 11.3. The Morgan fingerprint density at radius 2 is 1.92 bits per heavy atom. The molecule has 2 saturated heterocycles. The van der Waals surface area contributed by atoms with Gasteiger partial charge in [-0.15, -0.1) is 11.6 Å². The van der Waals surface area contributed by atoms with Gasteiger partial charge in [0.1, 0.15) is 11.7 Å². The first-order valence-electron chi connectivity index (χ1n) is 7.56. The maximum Gasteiger partial charge on any atom is 0.243 e. The van der Waals surface area contributed by atoms with Crippen molar-refractivity contribution in [3.05, 3.63) is 28.5 Å². The number of nitrogens with zero attached hydrogens (tertiary/aromatic N) is 2. The smallest absolute Gasteiger partial charge is 0.243 e. The molecule has 5 nitrogen and oxygen atoms in total. The number of rotatable bonds is 3. The third-order valence-corrected chi connectivity index (χ3v) is 7.60. The summed E-state index contributed by atoms with van der Waals surface area (Å²) < 4.78 is 40.6. The number of carbonyl (C=O) groups is 1. The summed E-state index contributed by atoms with van der Waals surface area (Å²) in [5.74, 6) is -0.701. The fourth-order valence-corrected chi connectivity index (χ4v) is 5.20. The number of hydrogen-bond acceptors (Lipinski definition) is 3. The van der Waals surface area contributed by atoms with Crippen molar-refractivity contribution in [2.24, 2.45) is 5.41 Å². The molecule has 2 fully saturated rings. The van der Waals surface area contributed by atoms with Gasteiger partial charge in [-0.25, -0.2) is 12.8 Å². The Morgan fingerprint density at radius 1 is 1.29 bits per heavy atom. The maximum absolute atomic E-state index is 13.6. The van der Waals surface area contributed by atoms with E-state index in [-0.39, 0.29) is 26.6 Å². The molecule has 1 amide bonds. The van der Waals surface area contributed by atoms with E-state index >= 15 is 0 Å². The molecule has 2 aliphatic rings. The van der Waals surface area contributed by atoms with Gasteiger partial charge in [-0.05, 0) is 47.0 Å². The van der Waals surface area contributed by atoms with Crippen molar-refractivity contribution in [1.82, 2.24) is 9.21 Å². The van der Waals surface area contributed by atoms with Crippen LogP contribution in [0.3, 0.4) is 0 Å². The second kappa shape index (κ2) is 6.55. The fourth-order valence-electron chi connectivity index (χ4n) is 3.33. The van der Waals surface area contributed by atoms with E-state index in [1.807, 2.05) is 0 Å². The molecule has 0 aromatic heterocycles. The SMILES string of the molecule is O=C(CCl)N1CC2(CCN(S(=O)(=O)c3ccc(Br)c(F)c3)CC2)C1. The average molecular weight is 440 g/mol. The van der Waals surface area contributed by atoms with Gasteiger partial charge in [0.05, 0.1) is 9.37 Å². The van der Waals surface area contributed by atoms with Crippen LogP contribution in [0.5, 0.6) is 0 Å². The molecule has 2 aliphatic heterocycles. The highest BCUT2D eigenvalue weighted by atomic mass is 79.9. The summed E-state index contributed by atoms with van der Waals surface area (Å²) in [6.07, 6.45) is 1.38. The number of halogens is 3. The molecule has 132 valence electrons. The summed E-state index contributed by atoms with van der Waals surface area (Å²) in [6, 6.07) is 3.83. The van der Waals surface area contributed by atoms with Gasteiger partial charge >= 0.3 is 0 Å².